The van der Waals surface area contributed by atoms with Crippen molar-refractivity contribution in [3.05, 3.63) is 58.1 Å². The second-order valence-corrected chi connectivity index (χ2v) is 6.96. The molecule has 4 rings (SSSR count). The molecule has 1 amide bonds. The van der Waals surface area contributed by atoms with E-state index in [2.05, 4.69) is 31.3 Å². The van der Waals surface area contributed by atoms with Crippen LogP contribution in [0.2, 0.25) is 0 Å². The van der Waals surface area contributed by atoms with E-state index in [-0.39, 0.29) is 22.4 Å². The first-order valence-electron chi connectivity index (χ1n) is 8.18. The highest BCUT2D eigenvalue weighted by Crippen LogP contribution is 2.29. The molecule has 4 aromatic rings. The smallest absolute Gasteiger partial charge is 0.260 e. The van der Waals surface area contributed by atoms with E-state index in [1.54, 1.807) is 24.0 Å². The maximum atomic E-state index is 14.6. The van der Waals surface area contributed by atoms with Crippen LogP contribution in [0.3, 0.4) is 0 Å². The van der Waals surface area contributed by atoms with Crippen LogP contribution in [0.1, 0.15) is 23.0 Å². The summed E-state index contributed by atoms with van der Waals surface area (Å²) in [6.07, 6.45) is 4.89. The van der Waals surface area contributed by atoms with Crippen molar-refractivity contribution in [2.45, 2.75) is 20.4 Å². The number of hydrogen-bond acceptors (Lipinski definition) is 3. The topological polar surface area (TPSA) is 64.2 Å². The standard InChI is InChI=1S/C18H14BrF2N5O/c1-3-26-8-11-12(19)5-13(20)15(16(11)24-26)18(27)23-10-4-14(21)17-22-9(2)6-25(17)7-10/h4-8H,3H2,1-2H3,(H,23,27). The first-order valence-corrected chi connectivity index (χ1v) is 8.98. The third-order valence-electron chi connectivity index (χ3n) is 4.18. The van der Waals surface area contributed by atoms with Crippen molar-refractivity contribution < 1.29 is 13.6 Å². The summed E-state index contributed by atoms with van der Waals surface area (Å²) < 4.78 is 32.4. The third kappa shape index (κ3) is 2.97. The average Bonchev–Trinajstić information content (AvgIpc) is 3.18. The number of pyridine rings is 1. The van der Waals surface area contributed by atoms with Gasteiger partial charge in [-0.25, -0.2) is 13.8 Å². The lowest BCUT2D eigenvalue weighted by molar-refractivity contribution is 0.102. The number of rotatable bonds is 3. The van der Waals surface area contributed by atoms with Crippen LogP contribution in [0.25, 0.3) is 16.6 Å². The number of hydrogen-bond donors (Lipinski definition) is 1. The van der Waals surface area contributed by atoms with Crippen molar-refractivity contribution in [1.82, 2.24) is 19.2 Å². The number of benzene rings is 1. The number of fused-ring (bicyclic) bond motifs is 2. The fourth-order valence-electron chi connectivity index (χ4n) is 2.97. The normalized spacial score (nSPS) is 11.4. The number of anilines is 1. The minimum absolute atomic E-state index is 0.157. The maximum absolute atomic E-state index is 14.6. The summed E-state index contributed by atoms with van der Waals surface area (Å²) in [5.74, 6) is -2.01. The van der Waals surface area contributed by atoms with Gasteiger partial charge in [0.2, 0.25) is 0 Å². The molecule has 0 saturated carbocycles. The third-order valence-corrected chi connectivity index (χ3v) is 4.84. The fraction of sp³-hybridized carbons (Fsp3) is 0.167. The average molecular weight is 434 g/mol. The summed E-state index contributed by atoms with van der Waals surface area (Å²) >= 11 is 3.29. The molecular formula is C18H14BrF2N5O. The van der Waals surface area contributed by atoms with Crippen LogP contribution >= 0.6 is 15.9 Å². The number of nitrogens with one attached hydrogen (secondary N) is 1. The molecule has 0 aliphatic rings. The monoisotopic (exact) mass is 433 g/mol. The summed E-state index contributed by atoms with van der Waals surface area (Å²) in [6.45, 7) is 4.20. The van der Waals surface area contributed by atoms with E-state index in [9.17, 15) is 13.6 Å². The minimum atomic E-state index is -0.715. The number of halogens is 3. The molecule has 0 aliphatic heterocycles. The summed E-state index contributed by atoms with van der Waals surface area (Å²) in [6, 6.07) is 2.38. The molecule has 138 valence electrons. The van der Waals surface area contributed by atoms with E-state index < -0.39 is 17.5 Å². The number of amides is 1. The van der Waals surface area contributed by atoms with Gasteiger partial charge in [0, 0.05) is 41.1 Å². The summed E-state index contributed by atoms with van der Waals surface area (Å²) in [4.78, 5) is 16.8. The van der Waals surface area contributed by atoms with Gasteiger partial charge in [-0.1, -0.05) is 0 Å². The molecule has 0 saturated heterocycles. The Kier molecular flexibility index (Phi) is 4.18. The van der Waals surface area contributed by atoms with Crippen molar-refractivity contribution in [1.29, 1.82) is 0 Å². The maximum Gasteiger partial charge on any atom is 0.260 e. The Hall–Kier alpha value is -2.81. The Morgan fingerprint density at radius 2 is 2.00 bits per heavy atom. The van der Waals surface area contributed by atoms with Gasteiger partial charge in [-0.3, -0.25) is 9.48 Å². The van der Waals surface area contributed by atoms with Gasteiger partial charge >= 0.3 is 0 Å². The van der Waals surface area contributed by atoms with E-state index in [4.69, 9.17) is 0 Å². The van der Waals surface area contributed by atoms with Gasteiger partial charge < -0.3 is 9.72 Å². The number of carbonyl (C=O) groups is 1. The highest BCUT2D eigenvalue weighted by molar-refractivity contribution is 9.10. The molecule has 27 heavy (non-hydrogen) atoms. The Balaban J connectivity index is 1.78. The zero-order chi connectivity index (χ0) is 19.3. The minimum Gasteiger partial charge on any atom is -0.320 e. The lowest BCUT2D eigenvalue weighted by Gasteiger charge is -2.08. The van der Waals surface area contributed by atoms with Crippen molar-refractivity contribution in [2.24, 2.45) is 0 Å². The van der Waals surface area contributed by atoms with Crippen molar-refractivity contribution >= 4 is 44.1 Å². The Morgan fingerprint density at radius 1 is 1.22 bits per heavy atom. The predicted octanol–water partition coefficient (Wildman–Crippen LogP) is 4.31. The molecule has 3 heterocycles. The number of carbonyl (C=O) groups excluding carboxylic acids is 1. The molecule has 0 bridgehead atoms. The molecule has 0 spiro atoms. The van der Waals surface area contributed by atoms with Gasteiger partial charge in [0.15, 0.2) is 11.5 Å². The van der Waals surface area contributed by atoms with Gasteiger partial charge in [-0.15, -0.1) is 0 Å². The van der Waals surface area contributed by atoms with Crippen molar-refractivity contribution in [2.75, 3.05) is 5.32 Å². The van der Waals surface area contributed by atoms with Crippen LogP contribution in [-0.2, 0) is 6.54 Å². The van der Waals surface area contributed by atoms with Gasteiger partial charge in [-0.05, 0) is 35.8 Å². The zero-order valence-corrected chi connectivity index (χ0v) is 16.0. The van der Waals surface area contributed by atoms with Crippen molar-refractivity contribution in [3.8, 4) is 0 Å². The summed E-state index contributed by atoms with van der Waals surface area (Å²) in [7, 11) is 0. The second kappa shape index (κ2) is 6.41. The molecule has 0 aliphatic carbocycles. The number of aromatic nitrogens is 4. The predicted molar refractivity (Wildman–Crippen MR) is 101 cm³/mol. The summed E-state index contributed by atoms with van der Waals surface area (Å²) in [5, 5.41) is 7.45. The number of aryl methyl sites for hydroxylation is 2. The lowest BCUT2D eigenvalue weighted by atomic mass is 10.1. The Bertz CT molecular complexity index is 1210. The van der Waals surface area contributed by atoms with Crippen LogP contribution < -0.4 is 5.32 Å². The highest BCUT2D eigenvalue weighted by atomic mass is 79.9. The Labute approximate surface area is 160 Å². The van der Waals surface area contributed by atoms with Crippen LogP contribution in [0, 0.1) is 18.6 Å². The molecule has 0 atom stereocenters. The van der Waals surface area contributed by atoms with Gasteiger partial charge in [0.1, 0.15) is 16.9 Å². The summed E-state index contributed by atoms with van der Waals surface area (Å²) in [5.41, 5.74) is 1.03. The molecule has 1 N–H and O–H groups in total. The van der Waals surface area contributed by atoms with Crippen molar-refractivity contribution in [3.63, 3.8) is 0 Å². The van der Waals surface area contributed by atoms with Gasteiger partial charge in [0.25, 0.3) is 5.91 Å². The van der Waals surface area contributed by atoms with E-state index in [1.165, 1.54) is 16.7 Å². The first-order chi connectivity index (χ1) is 12.9. The fourth-order valence-corrected chi connectivity index (χ4v) is 3.47. The lowest BCUT2D eigenvalue weighted by Crippen LogP contribution is -2.15. The van der Waals surface area contributed by atoms with Gasteiger partial charge in [-0.2, -0.15) is 5.10 Å². The SMILES string of the molecule is CCn1cc2c(Br)cc(F)c(C(=O)Nc3cc(F)c4nc(C)cn4c3)c2n1. The highest BCUT2D eigenvalue weighted by Gasteiger charge is 2.21. The molecule has 9 heteroatoms. The van der Waals surface area contributed by atoms with E-state index in [0.29, 0.717) is 22.1 Å². The molecular weight excluding hydrogens is 420 g/mol. The number of nitrogens with zero attached hydrogens (tertiary/aromatic N) is 4. The molecule has 1 aromatic carbocycles. The molecule has 0 fully saturated rings. The largest absolute Gasteiger partial charge is 0.320 e. The van der Waals surface area contributed by atoms with Crippen LogP contribution in [0.4, 0.5) is 14.5 Å². The van der Waals surface area contributed by atoms with Crippen LogP contribution in [-0.4, -0.2) is 25.1 Å². The molecule has 3 aromatic heterocycles. The molecule has 6 nitrogen and oxygen atoms in total. The second-order valence-electron chi connectivity index (χ2n) is 6.11. The van der Waals surface area contributed by atoms with E-state index in [0.717, 1.165) is 6.07 Å². The number of imidazole rings is 1. The molecule has 0 unspecified atom stereocenters. The zero-order valence-electron chi connectivity index (χ0n) is 14.4. The first kappa shape index (κ1) is 17.6. The Morgan fingerprint density at radius 3 is 2.74 bits per heavy atom. The van der Waals surface area contributed by atoms with E-state index >= 15 is 0 Å². The van der Waals surface area contributed by atoms with E-state index in [1.807, 2.05) is 6.92 Å². The molecule has 0 radical (unpaired) electrons. The quantitative estimate of drug-likeness (QED) is 0.523. The van der Waals surface area contributed by atoms with Gasteiger partial charge in [0.05, 0.1) is 11.4 Å². The van der Waals surface area contributed by atoms with Crippen LogP contribution in [0.5, 0.6) is 0 Å². The van der Waals surface area contributed by atoms with Crippen LogP contribution in [0.15, 0.2) is 35.2 Å².